The number of carbonyl (C=O) groups is 4. The van der Waals surface area contributed by atoms with Crippen molar-refractivity contribution in [2.45, 2.75) is 26.8 Å². The van der Waals surface area contributed by atoms with Gasteiger partial charge in [-0.25, -0.2) is 0 Å². The van der Waals surface area contributed by atoms with Crippen LogP contribution in [0.25, 0.3) is 0 Å². The summed E-state index contributed by atoms with van der Waals surface area (Å²) in [6.07, 6.45) is 6.36. The van der Waals surface area contributed by atoms with Crippen molar-refractivity contribution in [1.82, 2.24) is 10.6 Å². The molecule has 0 atom stereocenters. The zero-order chi connectivity index (χ0) is 34.4. The number of rotatable bonds is 10. The van der Waals surface area contributed by atoms with Gasteiger partial charge >= 0.3 is 0 Å². The highest BCUT2D eigenvalue weighted by molar-refractivity contribution is 6.06. The van der Waals surface area contributed by atoms with Gasteiger partial charge in [0, 0.05) is 47.2 Å². The molecule has 0 aliphatic rings. The number of hydrogen-bond donors (Lipinski definition) is 4. The molecule has 4 amide bonds. The van der Waals surface area contributed by atoms with E-state index < -0.39 is 0 Å². The van der Waals surface area contributed by atoms with Gasteiger partial charge in [0.05, 0.1) is 0 Å². The van der Waals surface area contributed by atoms with Gasteiger partial charge in [-0.2, -0.15) is 0 Å². The molecule has 4 rings (SSSR count). The summed E-state index contributed by atoms with van der Waals surface area (Å²) in [5.74, 6) is -0.769. The summed E-state index contributed by atoms with van der Waals surface area (Å²) in [5.41, 5.74) is 4.45. The van der Waals surface area contributed by atoms with Crippen molar-refractivity contribution in [3.05, 3.63) is 168 Å². The first-order valence-electron chi connectivity index (χ1n) is 15.1. The molecule has 0 aliphatic heterocycles. The molecule has 47 heavy (non-hydrogen) atoms. The van der Waals surface area contributed by atoms with Gasteiger partial charge in [0.15, 0.2) is 0 Å². The molecule has 0 fully saturated rings. The number of allylic oxidation sites excluding steroid dienone is 3. The number of carbonyl (C=O) groups excluding carboxylic acids is 4. The SMILES string of the molecule is C/C=C\C=C(/CC)C(=O)Nc1ccccc1.C=C.CNC(=O)c1cccc(C(=O)Nc2cccc(CNC(=O)c3ccccc3)c2)c1. The van der Waals surface area contributed by atoms with Crippen LogP contribution in [0.2, 0.25) is 0 Å². The van der Waals surface area contributed by atoms with E-state index in [1.807, 2.05) is 86.7 Å². The second kappa shape index (κ2) is 20.8. The minimum absolute atomic E-state index is 0.0354. The Kier molecular flexibility index (Phi) is 16.5. The molecule has 0 bridgehead atoms. The molecule has 0 aliphatic carbocycles. The average molecular weight is 631 g/mol. The molecule has 4 aromatic rings. The Balaban J connectivity index is 0.000000362. The standard InChI is InChI=1S/C23H21N3O3.C14H17NO.C2H4/c1-24-21(27)18-10-6-11-19(14-18)23(29)26-20-12-5-7-16(13-20)15-25-22(28)17-8-3-2-4-9-17;1-3-5-9-12(4-2)14(16)15-13-10-7-6-8-11-13;1-2/h2-14H,15H2,1H3,(H,24,27)(H,25,28)(H,26,29);3,5-11H,4H2,1-2H3,(H,15,16);1-2H2/b;5-3-,12-9+;. The Morgan fingerprint density at radius 2 is 1.23 bits per heavy atom. The van der Waals surface area contributed by atoms with Gasteiger partial charge in [0.1, 0.15) is 0 Å². The van der Waals surface area contributed by atoms with E-state index in [9.17, 15) is 19.2 Å². The van der Waals surface area contributed by atoms with E-state index in [1.165, 1.54) is 13.1 Å². The first-order chi connectivity index (χ1) is 22.8. The Labute approximate surface area is 277 Å². The Bertz CT molecular complexity index is 1660. The van der Waals surface area contributed by atoms with Crippen molar-refractivity contribution in [3.8, 4) is 0 Å². The first kappa shape index (κ1) is 37.2. The monoisotopic (exact) mass is 630 g/mol. The van der Waals surface area contributed by atoms with Crippen LogP contribution in [0, 0.1) is 0 Å². The highest BCUT2D eigenvalue weighted by Gasteiger charge is 2.11. The zero-order valence-electron chi connectivity index (χ0n) is 27.1. The van der Waals surface area contributed by atoms with Crippen molar-refractivity contribution < 1.29 is 19.2 Å². The second-order valence-electron chi connectivity index (χ2n) is 9.75. The Hall–Kier alpha value is -6.02. The largest absolute Gasteiger partial charge is 0.355 e. The summed E-state index contributed by atoms with van der Waals surface area (Å²) in [6, 6.07) is 32.2. The lowest BCUT2D eigenvalue weighted by atomic mass is 10.1. The quantitative estimate of drug-likeness (QED) is 0.0822. The highest BCUT2D eigenvalue weighted by atomic mass is 16.2. The zero-order valence-corrected chi connectivity index (χ0v) is 27.1. The van der Waals surface area contributed by atoms with Crippen LogP contribution in [0.15, 0.2) is 146 Å². The van der Waals surface area contributed by atoms with Crippen LogP contribution in [0.4, 0.5) is 11.4 Å². The number of amides is 4. The molecule has 0 saturated heterocycles. The average Bonchev–Trinajstić information content (AvgIpc) is 3.12. The molecule has 0 unspecified atom stereocenters. The molecule has 0 aromatic heterocycles. The fourth-order valence-electron chi connectivity index (χ4n) is 4.08. The summed E-state index contributed by atoms with van der Waals surface area (Å²) in [6.45, 7) is 10.2. The second-order valence-corrected chi connectivity index (χ2v) is 9.75. The molecule has 0 saturated carbocycles. The van der Waals surface area contributed by atoms with Gasteiger partial charge < -0.3 is 21.3 Å². The number of hydrogen-bond acceptors (Lipinski definition) is 4. The number of benzene rings is 4. The maximum Gasteiger partial charge on any atom is 0.255 e. The summed E-state index contributed by atoms with van der Waals surface area (Å²) in [4.78, 5) is 48.3. The van der Waals surface area contributed by atoms with Crippen molar-refractivity contribution in [2.75, 3.05) is 17.7 Å². The van der Waals surface area contributed by atoms with E-state index >= 15 is 0 Å². The third-order valence-electron chi connectivity index (χ3n) is 6.48. The highest BCUT2D eigenvalue weighted by Crippen LogP contribution is 2.14. The Morgan fingerprint density at radius 1 is 0.660 bits per heavy atom. The van der Waals surface area contributed by atoms with Gasteiger partial charge in [0.25, 0.3) is 23.6 Å². The van der Waals surface area contributed by atoms with Crippen LogP contribution in [-0.4, -0.2) is 30.7 Å². The lowest BCUT2D eigenvalue weighted by Gasteiger charge is -2.09. The lowest BCUT2D eigenvalue weighted by Crippen LogP contribution is -2.22. The minimum Gasteiger partial charge on any atom is -0.355 e. The fourth-order valence-corrected chi connectivity index (χ4v) is 4.08. The van der Waals surface area contributed by atoms with Gasteiger partial charge in [-0.1, -0.05) is 79.7 Å². The molecule has 0 radical (unpaired) electrons. The predicted octanol–water partition coefficient (Wildman–Crippen LogP) is 7.57. The maximum atomic E-state index is 12.5. The molecule has 8 heteroatoms. The first-order valence-corrected chi connectivity index (χ1v) is 15.1. The lowest BCUT2D eigenvalue weighted by molar-refractivity contribution is -0.113. The third-order valence-corrected chi connectivity index (χ3v) is 6.48. The maximum absolute atomic E-state index is 12.5. The van der Waals surface area contributed by atoms with Crippen molar-refractivity contribution in [2.24, 2.45) is 0 Å². The predicted molar refractivity (Wildman–Crippen MR) is 191 cm³/mol. The summed E-state index contributed by atoms with van der Waals surface area (Å²) < 4.78 is 0. The minimum atomic E-state index is -0.318. The van der Waals surface area contributed by atoms with E-state index in [2.05, 4.69) is 34.4 Å². The molecule has 8 nitrogen and oxygen atoms in total. The van der Waals surface area contributed by atoms with Crippen molar-refractivity contribution in [3.63, 3.8) is 0 Å². The van der Waals surface area contributed by atoms with Crippen LogP contribution in [0.1, 0.15) is 56.9 Å². The third kappa shape index (κ3) is 12.9. The smallest absolute Gasteiger partial charge is 0.255 e. The fraction of sp³-hybridized carbons (Fsp3) is 0.128. The number of nitrogens with one attached hydrogen (secondary N) is 4. The van der Waals surface area contributed by atoms with E-state index in [-0.39, 0.29) is 23.6 Å². The number of anilines is 2. The van der Waals surface area contributed by atoms with Crippen LogP contribution < -0.4 is 21.3 Å². The van der Waals surface area contributed by atoms with E-state index in [0.717, 1.165) is 23.2 Å². The van der Waals surface area contributed by atoms with Crippen LogP contribution in [-0.2, 0) is 11.3 Å². The number of para-hydroxylation sites is 1. The van der Waals surface area contributed by atoms with E-state index in [0.29, 0.717) is 28.9 Å². The molecule has 0 spiro atoms. The van der Waals surface area contributed by atoms with E-state index in [4.69, 9.17) is 0 Å². The van der Waals surface area contributed by atoms with Crippen LogP contribution in [0.5, 0.6) is 0 Å². The van der Waals surface area contributed by atoms with E-state index in [1.54, 1.807) is 48.5 Å². The van der Waals surface area contributed by atoms with Crippen LogP contribution >= 0.6 is 0 Å². The van der Waals surface area contributed by atoms with Crippen molar-refractivity contribution >= 4 is 35.0 Å². The summed E-state index contributed by atoms with van der Waals surface area (Å²) in [5, 5.41) is 11.1. The van der Waals surface area contributed by atoms with Gasteiger partial charge in [-0.3, -0.25) is 19.2 Å². The molecular weight excluding hydrogens is 588 g/mol. The normalized spacial score (nSPS) is 10.3. The Morgan fingerprint density at radius 3 is 1.85 bits per heavy atom. The van der Waals surface area contributed by atoms with Crippen molar-refractivity contribution in [1.29, 1.82) is 0 Å². The molecule has 4 N–H and O–H groups in total. The summed E-state index contributed by atoms with van der Waals surface area (Å²) in [7, 11) is 1.54. The van der Waals surface area contributed by atoms with Gasteiger partial charge in [0.2, 0.25) is 0 Å². The molecule has 242 valence electrons. The van der Waals surface area contributed by atoms with Gasteiger partial charge in [-0.15, -0.1) is 13.2 Å². The van der Waals surface area contributed by atoms with Crippen LogP contribution in [0.3, 0.4) is 0 Å². The topological polar surface area (TPSA) is 116 Å². The molecular formula is C39H42N4O4. The van der Waals surface area contributed by atoms with Gasteiger partial charge in [-0.05, 0) is 73.5 Å². The summed E-state index contributed by atoms with van der Waals surface area (Å²) >= 11 is 0. The molecule has 4 aromatic carbocycles. The molecule has 0 heterocycles.